The van der Waals surface area contributed by atoms with Gasteiger partial charge in [-0.1, -0.05) is 129 Å². The van der Waals surface area contributed by atoms with Crippen molar-refractivity contribution in [1.29, 1.82) is 0 Å². The molecule has 7 aromatic carbocycles. The predicted molar refractivity (Wildman–Crippen MR) is 313 cm³/mol. The molecule has 0 saturated heterocycles. The maximum absolute atomic E-state index is 12.8. The van der Waals surface area contributed by atoms with Gasteiger partial charge in [0.2, 0.25) is 0 Å². The highest BCUT2D eigenvalue weighted by Crippen LogP contribution is 2.54. The van der Waals surface area contributed by atoms with Crippen molar-refractivity contribution in [2.45, 2.75) is 56.0 Å². The molecule has 0 aliphatic heterocycles. The Labute approximate surface area is 468 Å². The smallest absolute Gasteiger partial charge is 0.272 e. The number of rotatable bonds is 29. The molecule has 0 amide bonds. The Kier molecular flexibility index (Phi) is 20.0. The third kappa shape index (κ3) is 13.1. The van der Waals surface area contributed by atoms with Crippen LogP contribution in [-0.4, -0.2) is 94.2 Å². The molecule has 1 aliphatic carbocycles. The third-order valence-corrected chi connectivity index (χ3v) is 15.1. The van der Waals surface area contributed by atoms with Gasteiger partial charge in [0.15, 0.2) is 0 Å². The molecule has 80 heavy (non-hydrogen) atoms. The fourth-order valence-corrected chi connectivity index (χ4v) is 10.8. The molecule has 0 heterocycles. The lowest BCUT2D eigenvalue weighted by atomic mass is 9.72. The van der Waals surface area contributed by atoms with Crippen LogP contribution in [0.5, 0.6) is 11.5 Å². The third-order valence-electron chi connectivity index (χ3n) is 15.1. The quantitative estimate of drug-likeness (QED) is 0.0149. The molecule has 7 aromatic rings. The molecule has 0 aromatic heterocycles. The zero-order valence-corrected chi connectivity index (χ0v) is 46.0. The summed E-state index contributed by atoms with van der Waals surface area (Å²) in [7, 11) is 4.89. The van der Waals surface area contributed by atoms with Gasteiger partial charge in [-0.25, -0.2) is 0 Å². The lowest BCUT2D eigenvalue weighted by Crippen LogP contribution is -2.34. The molecule has 2 N–H and O–H groups in total. The fraction of sp³-hybridized carbons (Fsp3) is 0.303. The summed E-state index contributed by atoms with van der Waals surface area (Å²) in [6.45, 7) is 5.79. The van der Waals surface area contributed by atoms with Crippen LogP contribution in [0, 0.1) is 20.2 Å². The van der Waals surface area contributed by atoms with Crippen LogP contribution in [0.4, 0.5) is 11.4 Å². The van der Waals surface area contributed by atoms with E-state index in [-0.39, 0.29) is 36.1 Å². The van der Waals surface area contributed by atoms with Gasteiger partial charge in [0.25, 0.3) is 11.4 Å². The number of methoxy groups -OCH3 is 3. The molecule has 3 unspecified atom stereocenters. The van der Waals surface area contributed by atoms with Crippen LogP contribution < -0.4 is 9.47 Å². The number of fused-ring (bicyclic) bond motifs is 3. The largest absolute Gasteiger partial charge is 0.497 e. The molecular weight excluding hydrogens is 1010 g/mol. The van der Waals surface area contributed by atoms with Crippen molar-refractivity contribution in [2.75, 3.05) is 74.2 Å². The van der Waals surface area contributed by atoms with Crippen molar-refractivity contribution in [3.63, 3.8) is 0 Å². The number of benzene rings is 7. The Bertz CT molecular complexity index is 3200. The van der Waals surface area contributed by atoms with E-state index in [1.54, 1.807) is 52.5 Å². The molecule has 14 heteroatoms. The highest BCUT2D eigenvalue weighted by molar-refractivity contribution is 5.85. The van der Waals surface area contributed by atoms with E-state index in [4.69, 9.17) is 28.4 Å². The fourth-order valence-electron chi connectivity index (χ4n) is 10.8. The minimum atomic E-state index is -1.12. The summed E-state index contributed by atoms with van der Waals surface area (Å²) in [5.74, 6) is 0.533. The summed E-state index contributed by atoms with van der Waals surface area (Å²) < 4.78 is 36.0. The minimum absolute atomic E-state index is 0.00513. The predicted octanol–water partition coefficient (Wildman–Crippen LogP) is 13.2. The van der Waals surface area contributed by atoms with Crippen LogP contribution in [-0.2, 0) is 30.0 Å². The second kappa shape index (κ2) is 27.4. The zero-order chi connectivity index (χ0) is 56.7. The number of ether oxygens (including phenoxy) is 6. The van der Waals surface area contributed by atoms with Crippen LogP contribution in [0.3, 0.4) is 0 Å². The Morgan fingerprint density at radius 3 is 1.44 bits per heavy atom. The highest BCUT2D eigenvalue weighted by Gasteiger charge is 2.43. The number of nitro benzene ring substituents is 2. The van der Waals surface area contributed by atoms with E-state index in [0.29, 0.717) is 74.9 Å². The van der Waals surface area contributed by atoms with E-state index in [1.807, 2.05) is 116 Å². The first-order valence-corrected chi connectivity index (χ1v) is 27.0. The van der Waals surface area contributed by atoms with Gasteiger partial charge >= 0.3 is 0 Å². The first-order chi connectivity index (χ1) is 38.9. The number of hydrogen-bond acceptors (Lipinski definition) is 12. The lowest BCUT2D eigenvalue weighted by molar-refractivity contribution is -0.385. The van der Waals surface area contributed by atoms with Gasteiger partial charge in [-0.2, -0.15) is 0 Å². The van der Waals surface area contributed by atoms with E-state index in [9.17, 15) is 30.4 Å². The van der Waals surface area contributed by atoms with E-state index in [0.717, 1.165) is 61.2 Å². The summed E-state index contributed by atoms with van der Waals surface area (Å²) in [5, 5.41) is 44.1. The first kappa shape index (κ1) is 58.3. The van der Waals surface area contributed by atoms with Gasteiger partial charge in [0, 0.05) is 80.7 Å². The molecular formula is C66H70N2O12. The topological polar surface area (TPSA) is 182 Å². The summed E-state index contributed by atoms with van der Waals surface area (Å²) in [4.78, 5) is 23.9. The molecule has 0 radical (unpaired) electrons. The molecule has 0 saturated carbocycles. The van der Waals surface area contributed by atoms with Gasteiger partial charge in [-0.05, 0) is 129 Å². The van der Waals surface area contributed by atoms with Crippen LogP contribution in [0.25, 0.3) is 35.4 Å². The molecule has 8 rings (SSSR count). The van der Waals surface area contributed by atoms with Gasteiger partial charge < -0.3 is 38.6 Å². The maximum atomic E-state index is 12.8. The molecule has 0 spiro atoms. The highest BCUT2D eigenvalue weighted by atomic mass is 16.6. The number of hydrogen-bond donors (Lipinski definition) is 2. The number of aliphatic hydroxyl groups is 2. The second-order valence-corrected chi connectivity index (χ2v) is 20.1. The Hall–Kier alpha value is -7.82. The van der Waals surface area contributed by atoms with Crippen LogP contribution in [0.2, 0.25) is 0 Å². The normalized spacial score (nSPS) is 14.7. The average molecular weight is 1080 g/mol. The molecule has 1 aliphatic rings. The Balaban J connectivity index is 1.14. The number of nitro groups is 2. The molecule has 14 nitrogen and oxygen atoms in total. The Morgan fingerprint density at radius 1 is 0.537 bits per heavy atom. The van der Waals surface area contributed by atoms with E-state index in [1.165, 1.54) is 6.07 Å². The summed E-state index contributed by atoms with van der Waals surface area (Å²) in [5.41, 5.74) is 9.64. The van der Waals surface area contributed by atoms with Crippen LogP contribution in [0.1, 0.15) is 106 Å². The van der Waals surface area contributed by atoms with Gasteiger partial charge in [0.1, 0.15) is 17.1 Å². The van der Waals surface area contributed by atoms with Crippen molar-refractivity contribution >= 4 is 35.7 Å². The van der Waals surface area contributed by atoms with Crippen molar-refractivity contribution in [2.24, 2.45) is 0 Å². The van der Waals surface area contributed by atoms with Crippen molar-refractivity contribution in [1.82, 2.24) is 0 Å². The van der Waals surface area contributed by atoms with E-state index >= 15 is 0 Å². The molecule has 3 atom stereocenters. The van der Waals surface area contributed by atoms with Crippen molar-refractivity contribution < 1.29 is 48.5 Å². The molecule has 0 bridgehead atoms. The molecule has 416 valence electrons. The maximum Gasteiger partial charge on any atom is 0.272 e. The zero-order valence-electron chi connectivity index (χ0n) is 46.0. The van der Waals surface area contributed by atoms with Crippen LogP contribution in [0.15, 0.2) is 152 Å². The van der Waals surface area contributed by atoms with Crippen molar-refractivity contribution in [3.8, 4) is 22.6 Å². The average Bonchev–Trinajstić information content (AvgIpc) is 4.02. The van der Waals surface area contributed by atoms with Gasteiger partial charge in [-0.15, -0.1) is 0 Å². The van der Waals surface area contributed by atoms with E-state index in [2.05, 4.69) is 36.4 Å². The Morgan fingerprint density at radius 2 is 0.988 bits per heavy atom. The lowest BCUT2D eigenvalue weighted by Gasteiger charge is -2.37. The van der Waals surface area contributed by atoms with Crippen molar-refractivity contribution in [3.05, 3.63) is 233 Å². The van der Waals surface area contributed by atoms with Gasteiger partial charge in [-0.3, -0.25) is 20.2 Å². The SMILES string of the molecule is COCCOCCC1(CCOCCCO)c2cc(/C=C/c3ccc([N+](=O)[O-])c(C(C)CO)c3)ccc2-c2ccc(/C=C/c3ccc([N+](=O)[O-])c(C(C)COC(c4ccccc4)(c4ccc(OC)cc4)c4ccc(OC)cc4)c3)cc21. The monoisotopic (exact) mass is 1080 g/mol. The summed E-state index contributed by atoms with van der Waals surface area (Å²) >= 11 is 0. The number of aliphatic hydroxyl groups excluding tert-OH is 2. The first-order valence-electron chi connectivity index (χ1n) is 27.0. The van der Waals surface area contributed by atoms with Crippen LogP contribution >= 0.6 is 0 Å². The van der Waals surface area contributed by atoms with E-state index < -0.39 is 27.8 Å². The molecule has 0 fully saturated rings. The summed E-state index contributed by atoms with van der Waals surface area (Å²) in [6.07, 6.45) is 9.70. The standard InChI is InChI=1S/C66H70N2O12/c1-46(44-70)59-40-48(18-30-63(59)67(71)72)12-14-50-16-28-57-58-29-17-51(43-62(58)65(61(57)42-50,32-36-78-35-9-34-69)33-37-79-39-38-75-3)15-13-49-19-31-64(68(73)74)60(41-49)47(2)45-80-66(52-10-7-6-8-11-52,53-20-24-55(76-4)25-21-53)54-22-26-56(77-5)27-23-54/h6-8,10-31,40-43,46-47,69-70H,9,32-39,44-45H2,1-5H3/b14-12+,15-13+. The van der Waals surface area contributed by atoms with Gasteiger partial charge in [0.05, 0.1) is 43.9 Å². The minimum Gasteiger partial charge on any atom is -0.497 e. The summed E-state index contributed by atoms with van der Waals surface area (Å²) in [6, 6.07) is 48.5. The second-order valence-electron chi connectivity index (χ2n) is 20.1. The number of nitrogens with zero attached hydrogens (tertiary/aromatic N) is 2.